The number of rotatable bonds is 18. The van der Waals surface area contributed by atoms with Crippen LogP contribution in [0.25, 0.3) is 0 Å². The summed E-state index contributed by atoms with van der Waals surface area (Å²) in [4.78, 5) is 40.4. The number of amides is 3. The Kier molecular flexibility index (Phi) is 17.1. The number of aliphatic hydroxyl groups excluding tert-OH is 2. The number of hydrogen-bond acceptors (Lipinski definition) is 6. The van der Waals surface area contributed by atoms with Crippen LogP contribution >= 0.6 is 0 Å². The minimum absolute atomic E-state index is 0.0953. The van der Waals surface area contributed by atoms with Gasteiger partial charge < -0.3 is 30.9 Å². The van der Waals surface area contributed by atoms with E-state index < -0.39 is 47.9 Å². The molecule has 0 aromatic heterocycles. The third kappa shape index (κ3) is 15.3. The lowest BCUT2D eigenvalue weighted by atomic mass is 9.82. The fraction of sp³-hybridized carbons (Fsp3) is 0.757. The minimum Gasteiger partial charge on any atom is -0.444 e. The van der Waals surface area contributed by atoms with Crippen LogP contribution < -0.4 is 16.0 Å². The number of aliphatic hydroxyl groups is 2. The zero-order chi connectivity index (χ0) is 34.3. The van der Waals surface area contributed by atoms with Crippen molar-refractivity contribution in [1.29, 1.82) is 0 Å². The summed E-state index contributed by atoms with van der Waals surface area (Å²) in [6.07, 6.45) is 7.85. The molecular weight excluding hydrogens is 582 g/mol. The molecule has 0 radical (unpaired) electrons. The highest BCUT2D eigenvalue weighted by molar-refractivity contribution is 5.91. The summed E-state index contributed by atoms with van der Waals surface area (Å²) < 4.78 is 5.44. The van der Waals surface area contributed by atoms with E-state index in [1.807, 2.05) is 51.1 Å². The van der Waals surface area contributed by atoms with E-state index in [1.165, 1.54) is 6.42 Å². The summed E-state index contributed by atoms with van der Waals surface area (Å²) in [5.74, 6) is -0.445. The van der Waals surface area contributed by atoms with Crippen LogP contribution in [0.4, 0.5) is 4.79 Å². The second-order valence-corrected chi connectivity index (χ2v) is 14.9. The van der Waals surface area contributed by atoms with E-state index in [-0.39, 0.29) is 24.2 Å². The number of carbonyl (C=O) groups is 3. The molecule has 1 aromatic carbocycles. The fourth-order valence-corrected chi connectivity index (χ4v) is 6.26. The Morgan fingerprint density at radius 1 is 0.870 bits per heavy atom. The molecule has 2 rings (SSSR count). The molecule has 9 heteroatoms. The molecule has 46 heavy (non-hydrogen) atoms. The van der Waals surface area contributed by atoms with Crippen LogP contribution in [0.1, 0.15) is 125 Å². The van der Waals surface area contributed by atoms with Crippen molar-refractivity contribution in [1.82, 2.24) is 16.0 Å². The Hall–Kier alpha value is -2.65. The zero-order valence-electron chi connectivity index (χ0n) is 29.5. The smallest absolute Gasteiger partial charge is 0.408 e. The van der Waals surface area contributed by atoms with Crippen LogP contribution in [0.5, 0.6) is 0 Å². The van der Waals surface area contributed by atoms with Gasteiger partial charge in [0.1, 0.15) is 17.7 Å². The molecule has 0 aliphatic heterocycles. The standard InChI is InChI=1S/C37H63N3O6/c1-8-9-20-32(41)26(4)22-33(42)29(23-27-16-12-10-13-17-27)38-34(43)30(21-25(2)3)39-35(44)31(24-28-18-14-11-15-19-28)40-36(45)46-37(5,6)7/h11,14-15,18-19,25-27,29-33,41-42H,8-10,12-13,16-17,20-24H2,1-7H3,(H,38,43)(H,39,44)(H,40,45)/t26-,29+,30+,31+,32?,33+/m1/s1. The van der Waals surface area contributed by atoms with Crippen molar-refractivity contribution < 1.29 is 29.3 Å². The Labute approximate surface area is 278 Å². The minimum atomic E-state index is -0.964. The van der Waals surface area contributed by atoms with E-state index in [0.717, 1.165) is 44.1 Å². The van der Waals surface area contributed by atoms with Crippen molar-refractivity contribution in [2.45, 2.75) is 161 Å². The first-order valence-electron chi connectivity index (χ1n) is 17.7. The monoisotopic (exact) mass is 645 g/mol. The van der Waals surface area contributed by atoms with Gasteiger partial charge in [-0.2, -0.15) is 0 Å². The molecule has 1 aromatic rings. The number of unbranched alkanes of at least 4 members (excludes halogenated alkanes) is 1. The molecule has 0 saturated heterocycles. The highest BCUT2D eigenvalue weighted by Gasteiger charge is 2.33. The van der Waals surface area contributed by atoms with Crippen LogP contribution in [-0.4, -0.2) is 64.1 Å². The largest absolute Gasteiger partial charge is 0.444 e. The third-order valence-corrected chi connectivity index (χ3v) is 8.86. The summed E-state index contributed by atoms with van der Waals surface area (Å²) in [7, 11) is 0. The Morgan fingerprint density at radius 3 is 2.09 bits per heavy atom. The fourth-order valence-electron chi connectivity index (χ4n) is 6.26. The van der Waals surface area contributed by atoms with E-state index in [9.17, 15) is 24.6 Å². The van der Waals surface area contributed by atoms with Gasteiger partial charge in [0, 0.05) is 6.42 Å². The molecule has 0 spiro atoms. The van der Waals surface area contributed by atoms with E-state index in [4.69, 9.17) is 4.74 Å². The highest BCUT2D eigenvalue weighted by Crippen LogP contribution is 2.29. The van der Waals surface area contributed by atoms with Crippen molar-refractivity contribution in [2.24, 2.45) is 17.8 Å². The zero-order valence-corrected chi connectivity index (χ0v) is 29.5. The molecule has 1 aliphatic carbocycles. The summed E-state index contributed by atoms with van der Waals surface area (Å²) in [6, 6.07) is 7.06. The van der Waals surface area contributed by atoms with Crippen LogP contribution in [0, 0.1) is 17.8 Å². The van der Waals surface area contributed by atoms with Gasteiger partial charge in [-0.05, 0) is 69.8 Å². The SMILES string of the molecule is CCCCC(O)[C@H](C)C[C@H](O)[C@H](CC1CCCCC1)NC(=O)[C@H](CC(C)C)NC(=O)[C@H](Cc1ccccc1)NC(=O)OC(C)(C)C. The molecule has 1 saturated carbocycles. The molecule has 5 N–H and O–H groups in total. The van der Waals surface area contributed by atoms with Crippen molar-refractivity contribution in [3.05, 3.63) is 35.9 Å². The van der Waals surface area contributed by atoms with E-state index in [0.29, 0.717) is 31.6 Å². The Morgan fingerprint density at radius 2 is 1.50 bits per heavy atom. The van der Waals surface area contributed by atoms with Gasteiger partial charge in [-0.25, -0.2) is 4.79 Å². The molecular formula is C37H63N3O6. The van der Waals surface area contributed by atoms with Gasteiger partial charge in [0.15, 0.2) is 0 Å². The molecule has 6 atom stereocenters. The number of nitrogens with one attached hydrogen (secondary N) is 3. The normalized spacial score (nSPS) is 18.1. The van der Waals surface area contributed by atoms with Gasteiger partial charge in [-0.1, -0.05) is 103 Å². The summed E-state index contributed by atoms with van der Waals surface area (Å²) in [5, 5.41) is 30.9. The van der Waals surface area contributed by atoms with E-state index >= 15 is 0 Å². The van der Waals surface area contributed by atoms with Crippen LogP contribution in [-0.2, 0) is 20.7 Å². The van der Waals surface area contributed by atoms with Crippen LogP contribution in [0.15, 0.2) is 30.3 Å². The van der Waals surface area contributed by atoms with Gasteiger partial charge in [0.2, 0.25) is 11.8 Å². The third-order valence-electron chi connectivity index (χ3n) is 8.86. The Bertz CT molecular complexity index is 1040. The average Bonchev–Trinajstić information content (AvgIpc) is 2.98. The van der Waals surface area contributed by atoms with Gasteiger partial charge in [0.05, 0.1) is 18.2 Å². The van der Waals surface area contributed by atoms with Crippen molar-refractivity contribution in [2.75, 3.05) is 0 Å². The summed E-state index contributed by atoms with van der Waals surface area (Å²) in [5.41, 5.74) is 0.116. The topological polar surface area (TPSA) is 137 Å². The van der Waals surface area contributed by atoms with Crippen LogP contribution in [0.2, 0.25) is 0 Å². The predicted octanol–water partition coefficient (Wildman–Crippen LogP) is 6.05. The van der Waals surface area contributed by atoms with Crippen molar-refractivity contribution in [3.63, 3.8) is 0 Å². The molecule has 0 heterocycles. The van der Waals surface area contributed by atoms with Gasteiger partial charge in [-0.15, -0.1) is 0 Å². The van der Waals surface area contributed by atoms with Gasteiger partial charge in [0.25, 0.3) is 0 Å². The van der Waals surface area contributed by atoms with E-state index in [2.05, 4.69) is 22.9 Å². The number of ether oxygens (including phenoxy) is 1. The molecule has 1 unspecified atom stereocenters. The maximum Gasteiger partial charge on any atom is 0.408 e. The van der Waals surface area contributed by atoms with Crippen molar-refractivity contribution in [3.8, 4) is 0 Å². The van der Waals surface area contributed by atoms with Gasteiger partial charge in [-0.3, -0.25) is 9.59 Å². The first-order chi connectivity index (χ1) is 21.7. The lowest BCUT2D eigenvalue weighted by Gasteiger charge is -2.33. The first kappa shape index (κ1) is 39.5. The number of benzene rings is 1. The number of hydrogen-bond donors (Lipinski definition) is 5. The van der Waals surface area contributed by atoms with Crippen molar-refractivity contribution >= 4 is 17.9 Å². The second kappa shape index (κ2) is 19.9. The molecule has 3 amide bonds. The predicted molar refractivity (Wildman–Crippen MR) is 183 cm³/mol. The quantitative estimate of drug-likeness (QED) is 0.132. The molecule has 1 aliphatic rings. The lowest BCUT2D eigenvalue weighted by molar-refractivity contribution is -0.131. The molecule has 9 nitrogen and oxygen atoms in total. The summed E-state index contributed by atoms with van der Waals surface area (Å²) >= 11 is 0. The molecule has 1 fully saturated rings. The first-order valence-corrected chi connectivity index (χ1v) is 17.7. The Balaban J connectivity index is 2.24. The van der Waals surface area contributed by atoms with E-state index in [1.54, 1.807) is 20.8 Å². The maximum atomic E-state index is 13.9. The average molecular weight is 646 g/mol. The van der Waals surface area contributed by atoms with Crippen LogP contribution in [0.3, 0.4) is 0 Å². The van der Waals surface area contributed by atoms with Gasteiger partial charge >= 0.3 is 6.09 Å². The highest BCUT2D eigenvalue weighted by atomic mass is 16.6. The number of carbonyl (C=O) groups excluding carboxylic acids is 3. The lowest BCUT2D eigenvalue weighted by Crippen LogP contribution is -2.57. The molecule has 0 bridgehead atoms. The summed E-state index contributed by atoms with van der Waals surface area (Å²) in [6.45, 7) is 13.3. The molecule has 262 valence electrons. The maximum absolute atomic E-state index is 13.9. The number of alkyl carbamates (subject to hydrolysis) is 1. The second-order valence-electron chi connectivity index (χ2n) is 14.9.